The molecule has 0 spiro atoms. The standard InChI is InChI=1S/C28H29N3O6S2/c1-17-6-9-20(14-23(17)31(32)33)39(34,35)37-24-11-7-18(12-25(24)36-5)16-30-27-22(15-29)21-10-8-19(28(2,3)4)13-26(21)38-27/h6-7,9,11-12,14,16,19H,8,10,13H2,1-5H3/t19-/m1/s1. The molecule has 1 aliphatic rings. The highest BCUT2D eigenvalue weighted by Crippen LogP contribution is 2.45. The third kappa shape index (κ3) is 5.97. The Bertz CT molecular complexity index is 1610. The SMILES string of the molecule is COc1cc(C=Nc2sc3c(c2C#N)CC[C@@H](C(C)(C)C)C3)ccc1OS(=O)(=O)c1ccc(C)c([N+](=O)[O-])c1. The van der Waals surface area contributed by atoms with Crippen molar-refractivity contribution in [3.63, 3.8) is 0 Å². The molecule has 0 radical (unpaired) electrons. The van der Waals surface area contributed by atoms with E-state index in [1.54, 1.807) is 29.7 Å². The van der Waals surface area contributed by atoms with E-state index < -0.39 is 15.0 Å². The van der Waals surface area contributed by atoms with Crippen molar-refractivity contribution in [1.82, 2.24) is 0 Å². The Balaban J connectivity index is 1.58. The van der Waals surface area contributed by atoms with Gasteiger partial charge in [-0.3, -0.25) is 10.1 Å². The molecule has 4 rings (SSSR count). The maximum absolute atomic E-state index is 12.8. The summed E-state index contributed by atoms with van der Waals surface area (Å²) in [5.41, 5.74) is 2.53. The fourth-order valence-electron chi connectivity index (χ4n) is 4.59. The van der Waals surface area contributed by atoms with Crippen LogP contribution in [0.1, 0.15) is 54.3 Å². The summed E-state index contributed by atoms with van der Waals surface area (Å²) in [5.74, 6) is 0.615. The Morgan fingerprint density at radius 1 is 1.21 bits per heavy atom. The lowest BCUT2D eigenvalue weighted by molar-refractivity contribution is -0.385. The van der Waals surface area contributed by atoms with Crippen LogP contribution in [-0.4, -0.2) is 26.7 Å². The zero-order valence-electron chi connectivity index (χ0n) is 22.3. The molecule has 11 heteroatoms. The minimum atomic E-state index is -4.37. The lowest BCUT2D eigenvalue weighted by Gasteiger charge is -2.33. The number of hydrogen-bond donors (Lipinski definition) is 0. The van der Waals surface area contributed by atoms with Gasteiger partial charge in [-0.05, 0) is 72.9 Å². The number of fused-ring (bicyclic) bond motifs is 1. The van der Waals surface area contributed by atoms with E-state index in [1.165, 1.54) is 37.1 Å². The van der Waals surface area contributed by atoms with Gasteiger partial charge in [0.25, 0.3) is 5.69 Å². The van der Waals surface area contributed by atoms with Crippen LogP contribution < -0.4 is 8.92 Å². The lowest BCUT2D eigenvalue weighted by Crippen LogP contribution is -2.26. The first-order chi connectivity index (χ1) is 18.3. The van der Waals surface area contributed by atoms with E-state index >= 15 is 0 Å². The first-order valence-electron chi connectivity index (χ1n) is 12.3. The predicted octanol–water partition coefficient (Wildman–Crippen LogP) is 6.51. The molecule has 204 valence electrons. The molecule has 0 saturated carbocycles. The topological polar surface area (TPSA) is 132 Å². The highest BCUT2D eigenvalue weighted by molar-refractivity contribution is 7.87. The molecule has 1 heterocycles. The number of hydrogen-bond acceptors (Lipinski definition) is 9. The van der Waals surface area contributed by atoms with Crippen LogP contribution in [0.3, 0.4) is 0 Å². The number of benzene rings is 2. The fraction of sp³-hybridized carbons (Fsp3) is 0.357. The molecule has 1 aliphatic carbocycles. The van der Waals surface area contributed by atoms with Crippen molar-refractivity contribution in [3.05, 3.63) is 73.6 Å². The van der Waals surface area contributed by atoms with Crippen LogP contribution in [0.2, 0.25) is 0 Å². The summed E-state index contributed by atoms with van der Waals surface area (Å²) >= 11 is 1.54. The predicted molar refractivity (Wildman–Crippen MR) is 150 cm³/mol. The Hall–Kier alpha value is -3.75. The van der Waals surface area contributed by atoms with Gasteiger partial charge in [0, 0.05) is 22.7 Å². The monoisotopic (exact) mass is 567 g/mol. The zero-order chi connectivity index (χ0) is 28.5. The van der Waals surface area contributed by atoms with E-state index in [0.29, 0.717) is 27.6 Å². The third-order valence-electron chi connectivity index (χ3n) is 6.97. The molecule has 0 bridgehead atoms. The molecule has 9 nitrogen and oxygen atoms in total. The number of rotatable bonds is 7. The molecule has 0 fully saturated rings. The smallest absolute Gasteiger partial charge is 0.339 e. The van der Waals surface area contributed by atoms with Crippen molar-refractivity contribution in [2.45, 2.75) is 51.9 Å². The molecule has 2 aromatic carbocycles. The van der Waals surface area contributed by atoms with Gasteiger partial charge in [-0.2, -0.15) is 13.7 Å². The number of nitro groups is 1. The number of ether oxygens (including phenoxy) is 1. The molecule has 39 heavy (non-hydrogen) atoms. The molecule has 3 aromatic rings. The zero-order valence-corrected chi connectivity index (χ0v) is 24.0. The summed E-state index contributed by atoms with van der Waals surface area (Å²) in [6, 6.07) is 10.5. The number of nitrogens with zero attached hydrogens (tertiary/aromatic N) is 3. The Kier molecular flexibility index (Phi) is 7.82. The van der Waals surface area contributed by atoms with E-state index in [9.17, 15) is 23.8 Å². The molecular formula is C28H29N3O6S2. The average molecular weight is 568 g/mol. The van der Waals surface area contributed by atoms with Gasteiger partial charge in [-0.15, -0.1) is 11.3 Å². The molecule has 1 aromatic heterocycles. The van der Waals surface area contributed by atoms with Crippen molar-refractivity contribution in [3.8, 4) is 17.6 Å². The Morgan fingerprint density at radius 3 is 2.59 bits per heavy atom. The highest BCUT2D eigenvalue weighted by Gasteiger charge is 2.32. The van der Waals surface area contributed by atoms with E-state index in [4.69, 9.17) is 8.92 Å². The van der Waals surface area contributed by atoms with E-state index in [0.717, 1.165) is 30.9 Å². The van der Waals surface area contributed by atoms with Gasteiger partial charge in [0.05, 0.1) is 17.6 Å². The van der Waals surface area contributed by atoms with Gasteiger partial charge in [0.1, 0.15) is 16.0 Å². The number of methoxy groups -OCH3 is 1. The maximum Gasteiger partial charge on any atom is 0.339 e. The average Bonchev–Trinajstić information content (AvgIpc) is 3.24. The second kappa shape index (κ2) is 10.8. The summed E-state index contributed by atoms with van der Waals surface area (Å²) in [5, 5.41) is 21.7. The first kappa shape index (κ1) is 28.3. The summed E-state index contributed by atoms with van der Waals surface area (Å²) in [6.07, 6.45) is 4.45. The van der Waals surface area contributed by atoms with Crippen molar-refractivity contribution in [2.75, 3.05) is 7.11 Å². The van der Waals surface area contributed by atoms with Crippen LogP contribution in [-0.2, 0) is 23.0 Å². The van der Waals surface area contributed by atoms with Crippen LogP contribution in [0.25, 0.3) is 0 Å². The number of aryl methyl sites for hydroxylation is 1. The number of thiophene rings is 1. The van der Waals surface area contributed by atoms with Gasteiger partial charge >= 0.3 is 10.1 Å². The van der Waals surface area contributed by atoms with Crippen molar-refractivity contribution < 1.29 is 22.3 Å². The molecule has 0 unspecified atom stereocenters. The molecule has 0 saturated heterocycles. The van der Waals surface area contributed by atoms with Gasteiger partial charge in [-0.1, -0.05) is 26.8 Å². The van der Waals surface area contributed by atoms with Crippen molar-refractivity contribution in [2.24, 2.45) is 16.3 Å². The van der Waals surface area contributed by atoms with E-state index in [1.807, 2.05) is 0 Å². The van der Waals surface area contributed by atoms with Crippen LogP contribution >= 0.6 is 11.3 Å². The Morgan fingerprint density at radius 2 is 1.95 bits per heavy atom. The summed E-state index contributed by atoms with van der Waals surface area (Å²) < 4.78 is 36.3. The maximum atomic E-state index is 12.8. The Labute approximate surface area is 232 Å². The van der Waals surface area contributed by atoms with Gasteiger partial charge in [-0.25, -0.2) is 4.99 Å². The van der Waals surface area contributed by atoms with E-state index in [-0.39, 0.29) is 27.5 Å². The first-order valence-corrected chi connectivity index (χ1v) is 14.5. The van der Waals surface area contributed by atoms with Crippen LogP contribution in [0, 0.1) is 39.7 Å². The summed E-state index contributed by atoms with van der Waals surface area (Å²) in [7, 11) is -2.99. The molecule has 0 aliphatic heterocycles. The number of aliphatic imine (C=N–C) groups is 1. The van der Waals surface area contributed by atoms with E-state index in [2.05, 4.69) is 31.8 Å². The molecule has 1 atom stereocenters. The fourth-order valence-corrected chi connectivity index (χ4v) is 6.77. The molecule has 0 amide bonds. The summed E-state index contributed by atoms with van der Waals surface area (Å²) in [4.78, 5) is 16.1. The van der Waals surface area contributed by atoms with Crippen LogP contribution in [0.15, 0.2) is 46.3 Å². The number of nitro benzene ring substituents is 1. The largest absolute Gasteiger partial charge is 0.493 e. The van der Waals surface area contributed by atoms with Gasteiger partial charge < -0.3 is 8.92 Å². The third-order valence-corrected chi connectivity index (χ3v) is 9.36. The molecule has 0 N–H and O–H groups in total. The summed E-state index contributed by atoms with van der Waals surface area (Å²) in [6.45, 7) is 8.26. The second-order valence-electron chi connectivity index (χ2n) is 10.5. The number of nitriles is 1. The second-order valence-corrected chi connectivity index (χ2v) is 13.1. The normalized spacial score (nSPS) is 15.5. The molecular weight excluding hydrogens is 538 g/mol. The lowest BCUT2D eigenvalue weighted by atomic mass is 9.72. The van der Waals surface area contributed by atoms with Crippen molar-refractivity contribution >= 4 is 38.4 Å². The van der Waals surface area contributed by atoms with Gasteiger partial charge in [0.15, 0.2) is 11.5 Å². The van der Waals surface area contributed by atoms with Crippen LogP contribution in [0.4, 0.5) is 10.7 Å². The van der Waals surface area contributed by atoms with Crippen LogP contribution in [0.5, 0.6) is 11.5 Å². The van der Waals surface area contributed by atoms with Crippen molar-refractivity contribution in [1.29, 1.82) is 5.26 Å². The quantitative estimate of drug-likeness (QED) is 0.137. The van der Waals surface area contributed by atoms with Gasteiger partial charge in [0.2, 0.25) is 0 Å². The highest BCUT2D eigenvalue weighted by atomic mass is 32.2. The minimum Gasteiger partial charge on any atom is -0.493 e. The minimum absolute atomic E-state index is 0.0737.